The molecule has 0 amide bonds. The number of thiol groups is 1. The summed E-state index contributed by atoms with van der Waals surface area (Å²) in [5.74, 6) is -0.254. The number of carbonyl (C=O) groups is 1. The van der Waals surface area contributed by atoms with Crippen molar-refractivity contribution in [3.05, 3.63) is 35.4 Å². The van der Waals surface area contributed by atoms with Gasteiger partial charge in [-0.3, -0.25) is 0 Å². The fourth-order valence-corrected chi connectivity index (χ4v) is 0.964. The van der Waals surface area contributed by atoms with Crippen molar-refractivity contribution in [2.75, 3.05) is 0 Å². The summed E-state index contributed by atoms with van der Waals surface area (Å²) in [7, 11) is 0. The predicted octanol–water partition coefficient (Wildman–Crippen LogP) is 1.17. The van der Waals surface area contributed by atoms with Gasteiger partial charge in [0, 0.05) is 5.75 Å². The third kappa shape index (κ3) is 3.59. The Balaban J connectivity index is 0.00000121. The molecular weight excluding hydrogens is 199 g/mol. The topological polar surface area (TPSA) is 37.3 Å². The van der Waals surface area contributed by atoms with Crippen LogP contribution in [0.1, 0.15) is 15.9 Å². The summed E-state index contributed by atoms with van der Waals surface area (Å²) in [6.07, 6.45) is 0. The van der Waals surface area contributed by atoms with Gasteiger partial charge in [-0.1, -0.05) is 12.1 Å². The molecule has 0 saturated carbocycles. The van der Waals surface area contributed by atoms with Gasteiger partial charge in [-0.2, -0.15) is 12.6 Å². The summed E-state index contributed by atoms with van der Waals surface area (Å²) in [6, 6.07) is 6.68. The normalized spacial score (nSPS) is 8.75. The van der Waals surface area contributed by atoms with Crippen LogP contribution in [0.15, 0.2) is 24.3 Å². The van der Waals surface area contributed by atoms with Gasteiger partial charge < -0.3 is 5.11 Å². The van der Waals surface area contributed by atoms with Crippen LogP contribution in [0.3, 0.4) is 0 Å². The minimum absolute atomic E-state index is 0. The van der Waals surface area contributed by atoms with E-state index in [4.69, 9.17) is 5.11 Å². The Kier molecular flexibility index (Phi) is 6.53. The number of carboxylic acid groups (broad SMARTS) is 1. The molecule has 0 aliphatic rings. The maximum absolute atomic E-state index is 10.4. The summed E-state index contributed by atoms with van der Waals surface area (Å²) in [6.45, 7) is 0. The van der Waals surface area contributed by atoms with E-state index in [1.54, 1.807) is 24.3 Å². The van der Waals surface area contributed by atoms with Crippen LogP contribution < -0.4 is 0 Å². The second-order valence-electron chi connectivity index (χ2n) is 2.16. The third-order valence-electron chi connectivity index (χ3n) is 1.38. The van der Waals surface area contributed by atoms with Crippen LogP contribution in [0.25, 0.3) is 0 Å². The molecule has 0 bridgehead atoms. The Morgan fingerprint density at radius 2 is 1.83 bits per heavy atom. The van der Waals surface area contributed by atoms with Gasteiger partial charge in [0.1, 0.15) is 0 Å². The monoisotopic (exact) mass is 208 g/mol. The van der Waals surface area contributed by atoms with E-state index in [9.17, 15) is 4.79 Å². The molecule has 0 aromatic heterocycles. The molecule has 12 heavy (non-hydrogen) atoms. The first-order valence-corrected chi connectivity index (χ1v) is 3.80. The molecule has 2 nitrogen and oxygen atoms in total. The van der Waals surface area contributed by atoms with E-state index in [1.165, 1.54) is 0 Å². The van der Waals surface area contributed by atoms with Crippen molar-refractivity contribution in [1.29, 1.82) is 0 Å². The van der Waals surface area contributed by atoms with Gasteiger partial charge in [-0.05, 0) is 17.7 Å². The number of hydrogen-bond donors (Lipinski definition) is 2. The summed E-state index contributed by atoms with van der Waals surface area (Å²) >= 11 is 4.05. The van der Waals surface area contributed by atoms with Gasteiger partial charge in [0.15, 0.2) is 0 Å². The molecule has 0 radical (unpaired) electrons. The van der Waals surface area contributed by atoms with E-state index < -0.39 is 5.97 Å². The molecule has 0 heterocycles. The van der Waals surface area contributed by atoms with E-state index in [0.717, 1.165) is 5.56 Å². The molecule has 0 atom stereocenters. The molecular formula is C8H9KO2S. The molecule has 0 aliphatic carbocycles. The first kappa shape index (κ1) is 12.7. The zero-order valence-corrected chi connectivity index (χ0v) is 6.71. The van der Waals surface area contributed by atoms with Gasteiger partial charge in [-0.15, -0.1) is 0 Å². The fraction of sp³-hybridized carbons (Fsp3) is 0.125. The zero-order valence-electron chi connectivity index (χ0n) is 5.82. The number of benzene rings is 1. The molecule has 0 unspecified atom stereocenters. The van der Waals surface area contributed by atoms with Crippen LogP contribution in [0.2, 0.25) is 0 Å². The molecule has 0 aliphatic heterocycles. The van der Waals surface area contributed by atoms with Crippen molar-refractivity contribution in [1.82, 2.24) is 0 Å². The van der Waals surface area contributed by atoms with Crippen molar-refractivity contribution in [3.63, 3.8) is 0 Å². The van der Waals surface area contributed by atoms with Crippen molar-refractivity contribution >= 4 is 70.0 Å². The predicted molar refractivity (Wildman–Crippen MR) is 53.2 cm³/mol. The Morgan fingerprint density at radius 3 is 2.17 bits per heavy atom. The van der Waals surface area contributed by atoms with E-state index in [-0.39, 0.29) is 51.4 Å². The SMILES string of the molecule is O=C(O)c1ccc(CS)cc1.[KH]. The molecule has 0 saturated heterocycles. The second kappa shape index (κ2) is 6.18. The Hall–Kier alpha value is 0.676. The Morgan fingerprint density at radius 1 is 1.33 bits per heavy atom. The number of rotatable bonds is 2. The van der Waals surface area contributed by atoms with Gasteiger partial charge in [0.2, 0.25) is 0 Å². The van der Waals surface area contributed by atoms with Crippen LogP contribution in [0.5, 0.6) is 0 Å². The van der Waals surface area contributed by atoms with Crippen molar-refractivity contribution in [3.8, 4) is 0 Å². The molecule has 4 heteroatoms. The van der Waals surface area contributed by atoms with Crippen LogP contribution in [0, 0.1) is 0 Å². The van der Waals surface area contributed by atoms with Crippen molar-refractivity contribution < 1.29 is 9.90 Å². The number of carboxylic acids is 1. The number of hydrogen-bond acceptors (Lipinski definition) is 2. The summed E-state index contributed by atoms with van der Waals surface area (Å²) in [4.78, 5) is 10.4. The van der Waals surface area contributed by atoms with E-state index in [2.05, 4.69) is 12.6 Å². The summed E-state index contributed by atoms with van der Waals surface area (Å²) < 4.78 is 0. The Labute approximate surface area is 119 Å². The Bertz CT molecular complexity index is 258. The zero-order chi connectivity index (χ0) is 8.27. The van der Waals surface area contributed by atoms with Crippen LogP contribution >= 0.6 is 12.6 Å². The average Bonchev–Trinajstić information content (AvgIpc) is 2.05. The molecule has 0 fully saturated rings. The molecule has 1 rings (SSSR count). The van der Waals surface area contributed by atoms with Crippen LogP contribution in [-0.2, 0) is 5.75 Å². The van der Waals surface area contributed by atoms with Gasteiger partial charge in [0.05, 0.1) is 5.56 Å². The molecule has 1 aromatic rings. The summed E-state index contributed by atoms with van der Waals surface area (Å²) in [5, 5.41) is 8.53. The van der Waals surface area contributed by atoms with Crippen LogP contribution in [-0.4, -0.2) is 62.5 Å². The second-order valence-corrected chi connectivity index (χ2v) is 2.48. The summed E-state index contributed by atoms with van der Waals surface area (Å²) in [5.41, 5.74) is 1.34. The van der Waals surface area contributed by atoms with Crippen molar-refractivity contribution in [2.45, 2.75) is 5.75 Å². The fourth-order valence-electron chi connectivity index (χ4n) is 0.753. The van der Waals surface area contributed by atoms with Gasteiger partial charge in [-0.25, -0.2) is 4.79 Å². The number of aromatic carboxylic acids is 1. The third-order valence-corrected chi connectivity index (χ3v) is 1.75. The standard InChI is InChI=1S/C8H8O2S.K.H/c9-8(10)7-3-1-6(5-11)2-4-7;;/h1-4,11H,5H2,(H,9,10);;. The van der Waals surface area contributed by atoms with E-state index in [1.807, 2.05) is 0 Å². The first-order chi connectivity index (χ1) is 5.24. The molecule has 1 aromatic carbocycles. The van der Waals surface area contributed by atoms with E-state index >= 15 is 0 Å². The van der Waals surface area contributed by atoms with Gasteiger partial charge in [0.25, 0.3) is 0 Å². The average molecular weight is 208 g/mol. The van der Waals surface area contributed by atoms with E-state index in [0.29, 0.717) is 11.3 Å². The van der Waals surface area contributed by atoms with Crippen LogP contribution in [0.4, 0.5) is 0 Å². The maximum atomic E-state index is 10.4. The minimum atomic E-state index is -0.893. The molecule has 60 valence electrons. The van der Waals surface area contributed by atoms with Gasteiger partial charge >= 0.3 is 57.4 Å². The molecule has 1 N–H and O–H groups in total. The molecule has 0 spiro atoms. The van der Waals surface area contributed by atoms with Crippen molar-refractivity contribution in [2.24, 2.45) is 0 Å². The quantitative estimate of drug-likeness (QED) is 0.565. The first-order valence-electron chi connectivity index (χ1n) is 3.17.